The van der Waals surface area contributed by atoms with Crippen molar-refractivity contribution in [1.29, 1.82) is 0 Å². The Balaban J connectivity index is 1.91. The van der Waals surface area contributed by atoms with E-state index in [1.807, 2.05) is 0 Å². The zero-order valence-corrected chi connectivity index (χ0v) is 13.2. The van der Waals surface area contributed by atoms with Crippen LogP contribution in [0.2, 0.25) is 0 Å². The monoisotopic (exact) mass is 374 g/mol. The number of aromatic nitrogens is 4. The normalized spacial score (nSPS) is 10.6. The van der Waals surface area contributed by atoms with Gasteiger partial charge in [-0.15, -0.1) is 5.10 Å². The lowest BCUT2D eigenvalue weighted by molar-refractivity contribution is -0.113. The summed E-state index contributed by atoms with van der Waals surface area (Å²) in [7, 11) is 0. The van der Waals surface area contributed by atoms with Gasteiger partial charge in [0.15, 0.2) is 0 Å². The van der Waals surface area contributed by atoms with Gasteiger partial charge in [-0.25, -0.2) is 9.07 Å². The van der Waals surface area contributed by atoms with Gasteiger partial charge < -0.3 is 11.1 Å². The molecule has 0 spiro atoms. The number of nitrogens with one attached hydrogen (secondary N) is 1. The van der Waals surface area contributed by atoms with E-state index in [9.17, 15) is 9.18 Å². The minimum absolute atomic E-state index is 0.0699. The molecule has 7 nitrogen and oxygen atoms in total. The molecular formula is C11H12BrFN6OS. The second kappa shape index (κ2) is 7.48. The Morgan fingerprint density at radius 2 is 2.33 bits per heavy atom. The molecule has 0 bridgehead atoms. The van der Waals surface area contributed by atoms with Crippen molar-refractivity contribution >= 4 is 39.3 Å². The molecule has 0 aliphatic rings. The van der Waals surface area contributed by atoms with Crippen molar-refractivity contribution in [3.05, 3.63) is 28.5 Å². The fourth-order valence-corrected chi connectivity index (χ4v) is 2.51. The number of tetrazole rings is 1. The minimum atomic E-state index is -0.504. The largest absolute Gasteiger partial charge is 0.329 e. The van der Waals surface area contributed by atoms with Crippen molar-refractivity contribution < 1.29 is 9.18 Å². The van der Waals surface area contributed by atoms with Crippen molar-refractivity contribution in [3.8, 4) is 0 Å². The van der Waals surface area contributed by atoms with E-state index in [-0.39, 0.29) is 17.3 Å². The molecule has 10 heteroatoms. The minimum Gasteiger partial charge on any atom is -0.329 e. The number of hydrogen-bond donors (Lipinski definition) is 2. The molecule has 21 heavy (non-hydrogen) atoms. The fourth-order valence-electron chi connectivity index (χ4n) is 1.47. The summed E-state index contributed by atoms with van der Waals surface area (Å²) in [6.45, 7) is 0.868. The van der Waals surface area contributed by atoms with Gasteiger partial charge in [0.1, 0.15) is 5.82 Å². The van der Waals surface area contributed by atoms with E-state index in [0.717, 1.165) is 11.8 Å². The number of thioether (sulfide) groups is 1. The maximum absolute atomic E-state index is 13.6. The smallest absolute Gasteiger partial charge is 0.234 e. The summed E-state index contributed by atoms with van der Waals surface area (Å²) >= 11 is 4.31. The van der Waals surface area contributed by atoms with Crippen LogP contribution in [0.1, 0.15) is 0 Å². The van der Waals surface area contributed by atoms with E-state index in [1.54, 1.807) is 6.07 Å². The molecule has 2 aromatic rings. The molecule has 1 heterocycles. The average molecular weight is 375 g/mol. The lowest BCUT2D eigenvalue weighted by Gasteiger charge is -2.06. The Morgan fingerprint density at radius 3 is 3.05 bits per heavy atom. The van der Waals surface area contributed by atoms with Gasteiger partial charge in [0.25, 0.3) is 0 Å². The van der Waals surface area contributed by atoms with Gasteiger partial charge in [-0.1, -0.05) is 27.7 Å². The molecule has 1 aromatic carbocycles. The number of amides is 1. The highest BCUT2D eigenvalue weighted by molar-refractivity contribution is 9.10. The van der Waals surface area contributed by atoms with Crippen LogP contribution in [0.15, 0.2) is 27.8 Å². The fraction of sp³-hybridized carbons (Fsp3) is 0.273. The topological polar surface area (TPSA) is 98.7 Å². The number of hydrogen-bond acceptors (Lipinski definition) is 6. The van der Waals surface area contributed by atoms with Crippen LogP contribution in [0.5, 0.6) is 0 Å². The molecule has 0 aliphatic heterocycles. The van der Waals surface area contributed by atoms with Crippen LogP contribution < -0.4 is 11.1 Å². The summed E-state index contributed by atoms with van der Waals surface area (Å²) < 4.78 is 15.7. The Labute approximate surface area is 132 Å². The SMILES string of the molecule is NCCn1nnnc1SCC(=O)Nc1ccc(Br)cc1F. The standard InChI is InChI=1S/C11H12BrFN6OS/c12-7-1-2-9(8(13)5-7)15-10(20)6-21-11-16-17-18-19(11)4-3-14/h1-2,5H,3-4,6,14H2,(H,15,20). The van der Waals surface area contributed by atoms with Gasteiger partial charge in [-0.05, 0) is 28.6 Å². The van der Waals surface area contributed by atoms with E-state index in [4.69, 9.17) is 5.73 Å². The highest BCUT2D eigenvalue weighted by atomic mass is 79.9. The third-order valence-corrected chi connectivity index (χ3v) is 3.83. The molecule has 0 saturated carbocycles. The zero-order valence-electron chi connectivity index (χ0n) is 10.8. The van der Waals surface area contributed by atoms with E-state index < -0.39 is 5.82 Å². The van der Waals surface area contributed by atoms with Crippen molar-refractivity contribution in [2.45, 2.75) is 11.7 Å². The Hall–Kier alpha value is -1.52. The van der Waals surface area contributed by atoms with Gasteiger partial charge in [-0.2, -0.15) is 0 Å². The second-order valence-electron chi connectivity index (χ2n) is 3.93. The van der Waals surface area contributed by atoms with Gasteiger partial charge >= 0.3 is 0 Å². The first-order valence-electron chi connectivity index (χ1n) is 5.94. The summed E-state index contributed by atoms with van der Waals surface area (Å²) in [6.07, 6.45) is 0. The van der Waals surface area contributed by atoms with Crippen LogP contribution in [-0.4, -0.2) is 38.4 Å². The Morgan fingerprint density at radius 1 is 1.52 bits per heavy atom. The van der Waals surface area contributed by atoms with Crippen molar-refractivity contribution in [1.82, 2.24) is 20.2 Å². The number of halogens is 2. The highest BCUT2D eigenvalue weighted by Crippen LogP contribution is 2.20. The molecule has 0 unspecified atom stereocenters. The number of rotatable bonds is 6. The van der Waals surface area contributed by atoms with Crippen LogP contribution in [0.4, 0.5) is 10.1 Å². The average Bonchev–Trinajstić information content (AvgIpc) is 2.88. The first-order valence-corrected chi connectivity index (χ1v) is 7.72. The number of anilines is 1. The molecule has 0 atom stereocenters. The van der Waals surface area contributed by atoms with E-state index in [0.29, 0.717) is 22.7 Å². The van der Waals surface area contributed by atoms with E-state index >= 15 is 0 Å². The quantitative estimate of drug-likeness (QED) is 0.738. The van der Waals surface area contributed by atoms with Crippen LogP contribution in [0.25, 0.3) is 0 Å². The van der Waals surface area contributed by atoms with E-state index in [1.165, 1.54) is 16.8 Å². The van der Waals surface area contributed by atoms with Gasteiger partial charge in [-0.3, -0.25) is 4.79 Å². The predicted octanol–water partition coefficient (Wildman–Crippen LogP) is 1.26. The van der Waals surface area contributed by atoms with Crippen LogP contribution in [0.3, 0.4) is 0 Å². The Bertz CT molecular complexity index is 637. The lowest BCUT2D eigenvalue weighted by Crippen LogP contribution is -2.16. The zero-order chi connectivity index (χ0) is 15.2. The third-order valence-electron chi connectivity index (χ3n) is 2.38. The van der Waals surface area contributed by atoms with Gasteiger partial charge in [0.05, 0.1) is 18.0 Å². The molecular weight excluding hydrogens is 363 g/mol. The number of carbonyl (C=O) groups is 1. The maximum atomic E-state index is 13.6. The molecule has 2 rings (SSSR count). The number of nitrogens with two attached hydrogens (primary N) is 1. The first-order chi connectivity index (χ1) is 10.1. The number of benzene rings is 1. The molecule has 0 saturated heterocycles. The summed E-state index contributed by atoms with van der Waals surface area (Å²) in [5.41, 5.74) is 5.56. The van der Waals surface area contributed by atoms with Crippen molar-refractivity contribution in [2.24, 2.45) is 5.73 Å². The maximum Gasteiger partial charge on any atom is 0.234 e. The first kappa shape index (κ1) is 15.9. The highest BCUT2D eigenvalue weighted by Gasteiger charge is 2.11. The summed E-state index contributed by atoms with van der Waals surface area (Å²) in [5, 5.41) is 14.0. The number of carbonyl (C=O) groups excluding carboxylic acids is 1. The van der Waals surface area contributed by atoms with Crippen molar-refractivity contribution in [3.63, 3.8) is 0 Å². The van der Waals surface area contributed by atoms with Gasteiger partial charge in [0.2, 0.25) is 11.1 Å². The van der Waals surface area contributed by atoms with Crippen molar-refractivity contribution in [2.75, 3.05) is 17.6 Å². The summed E-state index contributed by atoms with van der Waals surface area (Å²) in [5.74, 6) is -0.778. The molecule has 0 fully saturated rings. The van der Waals surface area contributed by atoms with Gasteiger partial charge in [0, 0.05) is 11.0 Å². The Kier molecular flexibility index (Phi) is 5.65. The molecule has 0 aliphatic carbocycles. The molecule has 112 valence electrons. The number of nitrogens with zero attached hydrogens (tertiary/aromatic N) is 4. The van der Waals surface area contributed by atoms with Crippen LogP contribution >= 0.6 is 27.7 Å². The van der Waals surface area contributed by atoms with E-state index in [2.05, 4.69) is 36.8 Å². The van der Waals surface area contributed by atoms with Crippen LogP contribution in [0, 0.1) is 5.82 Å². The summed E-state index contributed by atoms with van der Waals surface area (Å²) in [4.78, 5) is 11.8. The molecule has 1 aromatic heterocycles. The third kappa shape index (κ3) is 4.48. The molecule has 1 amide bonds. The predicted molar refractivity (Wildman–Crippen MR) is 80.3 cm³/mol. The molecule has 0 radical (unpaired) electrons. The summed E-state index contributed by atoms with van der Waals surface area (Å²) in [6, 6.07) is 4.42. The van der Waals surface area contributed by atoms with Crippen LogP contribution in [-0.2, 0) is 11.3 Å². The lowest BCUT2D eigenvalue weighted by atomic mass is 10.3. The molecule has 3 N–H and O–H groups in total. The second-order valence-corrected chi connectivity index (χ2v) is 5.79.